The molecule has 0 bridgehead atoms. The van der Waals surface area contributed by atoms with Gasteiger partial charge < -0.3 is 9.64 Å². The van der Waals surface area contributed by atoms with Gasteiger partial charge in [-0.3, -0.25) is 0 Å². The van der Waals surface area contributed by atoms with Crippen LogP contribution in [0.15, 0.2) is 37.2 Å². The Hall–Kier alpha value is -3.51. The van der Waals surface area contributed by atoms with E-state index in [9.17, 15) is 0 Å². The van der Waals surface area contributed by atoms with Crippen LogP contribution >= 0.6 is 0 Å². The molecule has 3 aromatic rings. The lowest BCUT2D eigenvalue weighted by Gasteiger charge is -2.38. The Balaban J connectivity index is 0.000000527. The van der Waals surface area contributed by atoms with E-state index in [1.807, 2.05) is 93.2 Å². The maximum absolute atomic E-state index is 8.25. The second-order valence-electron chi connectivity index (χ2n) is 8.59. The Kier molecular flexibility index (Phi) is 20.4. The monoisotopic (exact) mass is 550 g/mol. The molecule has 0 radical (unpaired) electrons. The summed E-state index contributed by atoms with van der Waals surface area (Å²) >= 11 is 0. The predicted molar refractivity (Wildman–Crippen MR) is 163 cm³/mol. The second kappa shape index (κ2) is 22.3. The molecular weight excluding hydrogens is 500 g/mol. The molecule has 40 heavy (non-hydrogen) atoms. The van der Waals surface area contributed by atoms with Gasteiger partial charge in [0, 0.05) is 68.9 Å². The van der Waals surface area contributed by atoms with E-state index in [2.05, 4.69) is 41.7 Å². The first-order valence-corrected chi connectivity index (χ1v) is 14.6. The summed E-state index contributed by atoms with van der Waals surface area (Å²) in [5, 5.41) is 8.25. The molecule has 2 aliphatic heterocycles. The highest BCUT2D eigenvalue weighted by atomic mass is 16.5. The van der Waals surface area contributed by atoms with E-state index < -0.39 is 0 Å². The molecule has 1 atom stereocenters. The van der Waals surface area contributed by atoms with Crippen molar-refractivity contribution >= 4 is 5.95 Å². The molecule has 9 nitrogen and oxygen atoms in total. The molecule has 5 rings (SSSR count). The van der Waals surface area contributed by atoms with Gasteiger partial charge in [-0.05, 0) is 63.6 Å². The van der Waals surface area contributed by atoms with Crippen LogP contribution in [-0.4, -0.2) is 55.7 Å². The third-order valence-electron chi connectivity index (χ3n) is 5.61. The quantitative estimate of drug-likeness (QED) is 0.340. The fourth-order valence-electron chi connectivity index (χ4n) is 3.37. The van der Waals surface area contributed by atoms with Crippen LogP contribution in [0.3, 0.4) is 0 Å². The highest BCUT2D eigenvalue weighted by Crippen LogP contribution is 2.23. The smallest absolute Gasteiger partial charge is 0.232 e. The minimum absolute atomic E-state index is 0.223. The van der Waals surface area contributed by atoms with Gasteiger partial charge in [-0.15, -0.1) is 0 Å². The molecule has 0 aromatic carbocycles. The summed E-state index contributed by atoms with van der Waals surface area (Å²) in [7, 11) is 0. The number of hydrogen-bond acceptors (Lipinski definition) is 9. The topological polar surface area (TPSA) is 114 Å². The van der Waals surface area contributed by atoms with Gasteiger partial charge >= 0.3 is 0 Å². The van der Waals surface area contributed by atoms with Crippen molar-refractivity contribution in [3.63, 3.8) is 0 Å². The first-order valence-electron chi connectivity index (χ1n) is 14.6. The normalized spacial score (nSPS) is 15.1. The summed E-state index contributed by atoms with van der Waals surface area (Å²) in [6, 6.07) is 2.45. The second-order valence-corrected chi connectivity index (χ2v) is 8.59. The maximum atomic E-state index is 8.25. The zero-order valence-corrected chi connectivity index (χ0v) is 26.3. The average Bonchev–Trinajstić information content (AvgIpc) is 3.02. The molecule has 0 spiro atoms. The highest BCUT2D eigenvalue weighted by Gasteiger charge is 2.25. The van der Waals surface area contributed by atoms with Crippen molar-refractivity contribution in [3.05, 3.63) is 65.5 Å². The van der Waals surface area contributed by atoms with Crippen molar-refractivity contribution in [2.45, 2.75) is 100 Å². The molecule has 2 saturated heterocycles. The number of nitrogens with zero attached hydrogens (tertiary/aromatic N) is 8. The minimum Gasteiger partial charge on any atom is -0.381 e. The summed E-state index contributed by atoms with van der Waals surface area (Å²) in [5.41, 5.74) is 3.21. The summed E-state index contributed by atoms with van der Waals surface area (Å²) in [5.74, 6) is 2.59. The van der Waals surface area contributed by atoms with Crippen LogP contribution in [0.25, 0.3) is 0 Å². The summed E-state index contributed by atoms with van der Waals surface area (Å²) in [6.07, 6.45) is 14.1. The molecule has 3 aromatic heterocycles. The fourth-order valence-corrected chi connectivity index (χ4v) is 3.37. The van der Waals surface area contributed by atoms with Crippen molar-refractivity contribution in [1.29, 1.82) is 5.26 Å². The molecular formula is C31H50N8O. The number of hydrogen-bond donors (Lipinski definition) is 0. The van der Waals surface area contributed by atoms with Crippen molar-refractivity contribution in [1.82, 2.24) is 29.9 Å². The summed E-state index contributed by atoms with van der Waals surface area (Å²) < 4.78 is 5.29. The van der Waals surface area contributed by atoms with Crippen LogP contribution in [0.4, 0.5) is 5.95 Å². The largest absolute Gasteiger partial charge is 0.381 e. The standard InChI is InChI=1S/C10H14N2O.C9H13N3.C6H5N3.3C2H6/c1-8-6-11-10(12-7-8)9-2-4-13-5-3-9;1-7-5-10-9(11-6-7)12-4-3-8(12)2;1-5-3-8-6(2-7)9-4-5;3*1-2/h6-7,9H,2-5H2,1H3;5-6,8H,3-4H2,1-2H3;3-4H,1H3;3*1-2H3. The van der Waals surface area contributed by atoms with Crippen LogP contribution in [0, 0.1) is 32.1 Å². The predicted octanol–water partition coefficient (Wildman–Crippen LogP) is 6.80. The van der Waals surface area contributed by atoms with Gasteiger partial charge in [0.15, 0.2) is 0 Å². The molecule has 5 heterocycles. The minimum atomic E-state index is 0.223. The Morgan fingerprint density at radius 2 is 1.12 bits per heavy atom. The SMILES string of the molecule is CC.CC.CC.Cc1cnc(C#N)nc1.Cc1cnc(C2CCOCC2)nc1.Cc1cnc(N2CCC2C)nc1. The van der Waals surface area contributed by atoms with Crippen molar-refractivity contribution < 1.29 is 4.74 Å². The van der Waals surface area contributed by atoms with E-state index in [4.69, 9.17) is 10.00 Å². The van der Waals surface area contributed by atoms with Crippen molar-refractivity contribution in [3.8, 4) is 6.07 Å². The molecule has 220 valence electrons. The third-order valence-corrected chi connectivity index (χ3v) is 5.61. The van der Waals surface area contributed by atoms with E-state index >= 15 is 0 Å². The van der Waals surface area contributed by atoms with Gasteiger partial charge in [-0.25, -0.2) is 29.9 Å². The maximum Gasteiger partial charge on any atom is 0.232 e. The summed E-state index contributed by atoms with van der Waals surface area (Å²) in [6.45, 7) is 22.9. The van der Waals surface area contributed by atoms with E-state index in [1.165, 1.54) is 6.42 Å². The van der Waals surface area contributed by atoms with Gasteiger partial charge in [0.25, 0.3) is 0 Å². The van der Waals surface area contributed by atoms with Crippen LogP contribution in [0.1, 0.15) is 102 Å². The zero-order valence-electron chi connectivity index (χ0n) is 26.3. The van der Waals surface area contributed by atoms with Crippen molar-refractivity contribution in [2.75, 3.05) is 24.7 Å². The molecule has 2 aliphatic rings. The number of aryl methyl sites for hydroxylation is 3. The van der Waals surface area contributed by atoms with E-state index in [1.54, 1.807) is 12.4 Å². The third kappa shape index (κ3) is 13.5. The van der Waals surface area contributed by atoms with Gasteiger partial charge in [-0.2, -0.15) is 5.26 Å². The molecule has 9 heteroatoms. The number of nitriles is 1. The molecule has 2 fully saturated rings. The van der Waals surface area contributed by atoms with Crippen LogP contribution in [0.2, 0.25) is 0 Å². The lowest BCUT2D eigenvalue weighted by molar-refractivity contribution is 0.0835. The number of aromatic nitrogens is 6. The van der Waals surface area contributed by atoms with E-state index in [0.717, 1.165) is 61.1 Å². The Labute approximate surface area is 242 Å². The first-order chi connectivity index (χ1) is 19.5. The van der Waals surface area contributed by atoms with Gasteiger partial charge in [0.2, 0.25) is 11.8 Å². The zero-order chi connectivity index (χ0) is 30.3. The molecule has 0 aliphatic carbocycles. The first kappa shape index (κ1) is 36.5. The van der Waals surface area contributed by atoms with Crippen molar-refractivity contribution in [2.24, 2.45) is 0 Å². The molecule has 0 amide bonds. The average molecular weight is 551 g/mol. The van der Waals surface area contributed by atoms with E-state index in [0.29, 0.717) is 12.0 Å². The molecule has 0 saturated carbocycles. The van der Waals surface area contributed by atoms with Crippen LogP contribution in [-0.2, 0) is 4.74 Å². The van der Waals surface area contributed by atoms with E-state index in [-0.39, 0.29) is 5.82 Å². The van der Waals surface area contributed by atoms with Crippen LogP contribution < -0.4 is 4.90 Å². The number of anilines is 1. The van der Waals surface area contributed by atoms with Gasteiger partial charge in [0.05, 0.1) is 0 Å². The highest BCUT2D eigenvalue weighted by molar-refractivity contribution is 5.34. The fraction of sp³-hybridized carbons (Fsp3) is 0.581. The lowest BCUT2D eigenvalue weighted by Crippen LogP contribution is -2.46. The Morgan fingerprint density at radius 1 is 0.700 bits per heavy atom. The molecule has 1 unspecified atom stereocenters. The van der Waals surface area contributed by atoms with Gasteiger partial charge in [0.1, 0.15) is 11.9 Å². The Morgan fingerprint density at radius 3 is 1.50 bits per heavy atom. The Bertz CT molecular complexity index is 1040. The number of ether oxygens (including phenoxy) is 1. The number of rotatable bonds is 2. The summed E-state index contributed by atoms with van der Waals surface area (Å²) in [4.78, 5) is 26.9. The lowest BCUT2D eigenvalue weighted by atomic mass is 9.99. The van der Waals surface area contributed by atoms with Gasteiger partial charge in [-0.1, -0.05) is 41.5 Å². The van der Waals surface area contributed by atoms with Crippen LogP contribution in [0.5, 0.6) is 0 Å². The molecule has 0 N–H and O–H groups in total.